The standard InChI is InChI=1S/C16H25N3O/c1-2-17-16(20)14-19-12-10-18(11-13-19)9-8-15-6-4-3-5-7-15/h3-7H,2,8-14H2,1H3,(H,17,20). The summed E-state index contributed by atoms with van der Waals surface area (Å²) < 4.78 is 0. The van der Waals surface area contributed by atoms with Gasteiger partial charge in [-0.1, -0.05) is 30.3 Å². The van der Waals surface area contributed by atoms with E-state index in [0.29, 0.717) is 6.54 Å². The van der Waals surface area contributed by atoms with Gasteiger partial charge in [0.2, 0.25) is 5.91 Å². The number of carbonyl (C=O) groups excluding carboxylic acids is 1. The molecule has 1 heterocycles. The highest BCUT2D eigenvalue weighted by molar-refractivity contribution is 5.77. The third-order valence-corrected chi connectivity index (χ3v) is 3.77. The van der Waals surface area contributed by atoms with E-state index in [-0.39, 0.29) is 5.91 Å². The van der Waals surface area contributed by atoms with Crippen LogP contribution in [0.2, 0.25) is 0 Å². The molecule has 1 N–H and O–H groups in total. The van der Waals surface area contributed by atoms with Crippen molar-refractivity contribution in [2.24, 2.45) is 0 Å². The zero-order chi connectivity index (χ0) is 14.2. The summed E-state index contributed by atoms with van der Waals surface area (Å²) in [5.74, 6) is 0.144. The maximum absolute atomic E-state index is 11.5. The van der Waals surface area contributed by atoms with Gasteiger partial charge in [0.05, 0.1) is 6.54 Å². The molecule has 0 unspecified atom stereocenters. The van der Waals surface area contributed by atoms with Gasteiger partial charge >= 0.3 is 0 Å². The first-order valence-corrected chi connectivity index (χ1v) is 7.53. The molecule has 1 aliphatic heterocycles. The van der Waals surface area contributed by atoms with Gasteiger partial charge in [0, 0.05) is 39.3 Å². The molecule has 4 heteroatoms. The van der Waals surface area contributed by atoms with Gasteiger partial charge < -0.3 is 10.2 Å². The first-order chi connectivity index (χ1) is 9.78. The van der Waals surface area contributed by atoms with Crippen molar-refractivity contribution in [1.82, 2.24) is 15.1 Å². The van der Waals surface area contributed by atoms with Crippen molar-refractivity contribution >= 4 is 5.91 Å². The minimum absolute atomic E-state index is 0.144. The molecule has 1 fully saturated rings. The summed E-state index contributed by atoms with van der Waals surface area (Å²) in [7, 11) is 0. The van der Waals surface area contributed by atoms with E-state index in [1.165, 1.54) is 5.56 Å². The zero-order valence-electron chi connectivity index (χ0n) is 12.3. The molecule has 0 atom stereocenters. The summed E-state index contributed by atoms with van der Waals surface area (Å²) in [5.41, 5.74) is 1.40. The quantitative estimate of drug-likeness (QED) is 0.841. The SMILES string of the molecule is CCNC(=O)CN1CCN(CCc2ccccc2)CC1. The summed E-state index contributed by atoms with van der Waals surface area (Å²) in [6.07, 6.45) is 1.11. The van der Waals surface area contributed by atoms with Gasteiger partial charge in [0.25, 0.3) is 0 Å². The van der Waals surface area contributed by atoms with E-state index < -0.39 is 0 Å². The molecule has 1 aromatic carbocycles. The summed E-state index contributed by atoms with van der Waals surface area (Å²) >= 11 is 0. The number of benzene rings is 1. The maximum atomic E-state index is 11.5. The van der Waals surface area contributed by atoms with Crippen LogP contribution < -0.4 is 5.32 Å². The lowest BCUT2D eigenvalue weighted by atomic mass is 10.1. The topological polar surface area (TPSA) is 35.6 Å². The van der Waals surface area contributed by atoms with Gasteiger partial charge in [0.1, 0.15) is 0 Å². The van der Waals surface area contributed by atoms with E-state index in [1.54, 1.807) is 0 Å². The van der Waals surface area contributed by atoms with Crippen LogP contribution in [0, 0.1) is 0 Å². The van der Waals surface area contributed by atoms with Crippen molar-refractivity contribution in [3.63, 3.8) is 0 Å². The molecular weight excluding hydrogens is 250 g/mol. The zero-order valence-corrected chi connectivity index (χ0v) is 12.3. The van der Waals surface area contributed by atoms with Crippen molar-refractivity contribution in [3.8, 4) is 0 Å². The number of amides is 1. The second-order valence-electron chi connectivity index (χ2n) is 5.31. The Morgan fingerprint density at radius 2 is 1.75 bits per heavy atom. The Kier molecular flexibility index (Phi) is 6.02. The van der Waals surface area contributed by atoms with Crippen LogP contribution in [-0.4, -0.2) is 61.5 Å². The first kappa shape index (κ1) is 15.0. The third kappa shape index (κ3) is 4.94. The molecule has 0 spiro atoms. The normalized spacial score (nSPS) is 17.1. The highest BCUT2D eigenvalue weighted by atomic mass is 16.2. The Morgan fingerprint density at radius 1 is 1.10 bits per heavy atom. The van der Waals surface area contributed by atoms with Crippen LogP contribution in [0.15, 0.2) is 30.3 Å². The average molecular weight is 275 g/mol. The molecule has 0 aliphatic carbocycles. The summed E-state index contributed by atoms with van der Waals surface area (Å²) in [4.78, 5) is 16.3. The number of hydrogen-bond donors (Lipinski definition) is 1. The fourth-order valence-electron chi connectivity index (χ4n) is 2.56. The Hall–Kier alpha value is -1.39. The largest absolute Gasteiger partial charge is 0.355 e. The summed E-state index contributed by atoms with van der Waals surface area (Å²) in [6, 6.07) is 10.6. The van der Waals surface area contributed by atoms with Crippen LogP contribution in [0.4, 0.5) is 0 Å². The lowest BCUT2D eigenvalue weighted by Gasteiger charge is -2.34. The van der Waals surface area contributed by atoms with Crippen molar-refractivity contribution < 1.29 is 4.79 Å². The van der Waals surface area contributed by atoms with Gasteiger partial charge in [-0.3, -0.25) is 9.69 Å². The molecular formula is C16H25N3O. The lowest BCUT2D eigenvalue weighted by Crippen LogP contribution is -2.49. The predicted octanol–water partition coefficient (Wildman–Crippen LogP) is 0.983. The summed E-state index contributed by atoms with van der Waals surface area (Å²) in [5, 5.41) is 2.86. The molecule has 2 rings (SSSR count). The minimum atomic E-state index is 0.144. The van der Waals surface area contributed by atoms with Crippen LogP contribution in [0.3, 0.4) is 0 Å². The van der Waals surface area contributed by atoms with Crippen molar-refractivity contribution in [2.45, 2.75) is 13.3 Å². The number of likely N-dealkylation sites (N-methyl/N-ethyl adjacent to an activating group) is 1. The third-order valence-electron chi connectivity index (χ3n) is 3.77. The summed E-state index contributed by atoms with van der Waals surface area (Å²) in [6.45, 7) is 8.44. The average Bonchev–Trinajstić information content (AvgIpc) is 2.48. The van der Waals surface area contributed by atoms with E-state index in [2.05, 4.69) is 45.4 Å². The smallest absolute Gasteiger partial charge is 0.234 e. The number of hydrogen-bond acceptors (Lipinski definition) is 3. The van der Waals surface area contributed by atoms with Crippen molar-refractivity contribution in [1.29, 1.82) is 0 Å². The highest BCUT2D eigenvalue weighted by Gasteiger charge is 2.18. The number of piperazine rings is 1. The second-order valence-corrected chi connectivity index (χ2v) is 5.31. The van der Waals surface area contributed by atoms with E-state index in [1.807, 2.05) is 6.92 Å². The number of nitrogens with zero attached hydrogens (tertiary/aromatic N) is 2. The van der Waals surface area contributed by atoms with E-state index in [4.69, 9.17) is 0 Å². The van der Waals surface area contributed by atoms with E-state index >= 15 is 0 Å². The molecule has 0 bridgehead atoms. The molecule has 4 nitrogen and oxygen atoms in total. The van der Waals surface area contributed by atoms with Gasteiger partial charge in [-0.05, 0) is 18.9 Å². The maximum Gasteiger partial charge on any atom is 0.234 e. The molecule has 1 aliphatic rings. The highest BCUT2D eigenvalue weighted by Crippen LogP contribution is 2.05. The number of nitrogens with one attached hydrogen (secondary N) is 1. The fraction of sp³-hybridized carbons (Fsp3) is 0.562. The minimum Gasteiger partial charge on any atom is -0.355 e. The number of rotatable bonds is 6. The molecule has 0 radical (unpaired) electrons. The van der Waals surface area contributed by atoms with Crippen LogP contribution in [-0.2, 0) is 11.2 Å². The predicted molar refractivity (Wildman–Crippen MR) is 81.7 cm³/mol. The number of carbonyl (C=O) groups is 1. The van der Waals surface area contributed by atoms with Gasteiger partial charge in [-0.15, -0.1) is 0 Å². The molecule has 20 heavy (non-hydrogen) atoms. The lowest BCUT2D eigenvalue weighted by molar-refractivity contribution is -0.122. The second kappa shape index (κ2) is 8.02. The Balaban J connectivity index is 1.65. The molecule has 1 aromatic rings. The van der Waals surface area contributed by atoms with Crippen molar-refractivity contribution in [2.75, 3.05) is 45.8 Å². The molecule has 1 saturated heterocycles. The molecule has 0 saturated carbocycles. The van der Waals surface area contributed by atoms with Crippen LogP contribution in [0.25, 0.3) is 0 Å². The van der Waals surface area contributed by atoms with Crippen LogP contribution in [0.5, 0.6) is 0 Å². The monoisotopic (exact) mass is 275 g/mol. The molecule has 110 valence electrons. The Labute approximate surface area is 121 Å². The van der Waals surface area contributed by atoms with Gasteiger partial charge in [-0.2, -0.15) is 0 Å². The first-order valence-electron chi connectivity index (χ1n) is 7.53. The van der Waals surface area contributed by atoms with Crippen LogP contribution in [0.1, 0.15) is 12.5 Å². The Bertz CT molecular complexity index is 399. The van der Waals surface area contributed by atoms with E-state index in [0.717, 1.165) is 45.7 Å². The fourth-order valence-corrected chi connectivity index (χ4v) is 2.56. The van der Waals surface area contributed by atoms with Crippen molar-refractivity contribution in [3.05, 3.63) is 35.9 Å². The molecule has 1 amide bonds. The van der Waals surface area contributed by atoms with E-state index in [9.17, 15) is 4.79 Å². The Morgan fingerprint density at radius 3 is 2.40 bits per heavy atom. The van der Waals surface area contributed by atoms with Gasteiger partial charge in [-0.25, -0.2) is 0 Å². The molecule has 0 aromatic heterocycles. The van der Waals surface area contributed by atoms with Gasteiger partial charge in [0.15, 0.2) is 0 Å². The van der Waals surface area contributed by atoms with Crippen LogP contribution >= 0.6 is 0 Å².